The van der Waals surface area contributed by atoms with Gasteiger partial charge in [0.25, 0.3) is 0 Å². The topological polar surface area (TPSA) is 69.6 Å². The lowest BCUT2D eigenvalue weighted by atomic mass is 10.4. The first-order valence-electron chi connectivity index (χ1n) is 4.40. The van der Waals surface area contributed by atoms with Gasteiger partial charge in [-0.25, -0.2) is 14.6 Å². The maximum absolute atomic E-state index is 5.73. The van der Waals surface area contributed by atoms with Gasteiger partial charge in [-0.15, -0.1) is 0 Å². The van der Waals surface area contributed by atoms with Crippen LogP contribution in [0.3, 0.4) is 0 Å². The lowest BCUT2D eigenvalue weighted by Crippen LogP contribution is -2.07. The molecule has 0 bridgehead atoms. The van der Waals surface area contributed by atoms with Gasteiger partial charge in [-0.2, -0.15) is 5.10 Å². The number of nitrogens with zero attached hydrogens (tertiary/aromatic N) is 4. The number of anilines is 1. The fourth-order valence-electron chi connectivity index (χ4n) is 1.33. The molecule has 0 radical (unpaired) electrons. The maximum Gasteiger partial charge on any atom is 0.196 e. The van der Waals surface area contributed by atoms with E-state index in [2.05, 4.69) is 31.0 Å². The van der Waals surface area contributed by atoms with E-state index < -0.39 is 0 Å². The Bertz CT molecular complexity index is 505. The molecule has 0 fully saturated rings. The van der Waals surface area contributed by atoms with Gasteiger partial charge in [-0.1, -0.05) is 0 Å². The molecular weight excluding hydrogens is 258 g/mol. The first kappa shape index (κ1) is 10.1. The summed E-state index contributed by atoms with van der Waals surface area (Å²) >= 11 is 3.45. The molecule has 78 valence electrons. The van der Waals surface area contributed by atoms with E-state index in [0.717, 1.165) is 15.9 Å². The van der Waals surface area contributed by atoms with Crippen molar-refractivity contribution in [2.45, 2.75) is 13.8 Å². The van der Waals surface area contributed by atoms with Gasteiger partial charge in [0.1, 0.15) is 0 Å². The molecule has 0 saturated carbocycles. The smallest absolute Gasteiger partial charge is 0.196 e. The summed E-state index contributed by atoms with van der Waals surface area (Å²) in [6.45, 7) is 3.86. The second-order valence-corrected chi connectivity index (χ2v) is 3.95. The standard InChI is InChI=1S/C9H10BrN5/c1-5-7(10)6(2)15(14-5)9-8(11)12-3-4-13-9/h3-4H,1-2H3,(H2,11,12). The first-order valence-corrected chi connectivity index (χ1v) is 5.19. The van der Waals surface area contributed by atoms with Gasteiger partial charge < -0.3 is 5.73 Å². The second-order valence-electron chi connectivity index (χ2n) is 3.16. The van der Waals surface area contributed by atoms with Gasteiger partial charge in [-0.05, 0) is 29.8 Å². The highest BCUT2D eigenvalue weighted by atomic mass is 79.9. The van der Waals surface area contributed by atoms with E-state index in [4.69, 9.17) is 5.73 Å². The van der Waals surface area contributed by atoms with E-state index in [-0.39, 0.29) is 0 Å². The fraction of sp³-hybridized carbons (Fsp3) is 0.222. The second kappa shape index (κ2) is 3.62. The summed E-state index contributed by atoms with van der Waals surface area (Å²) in [5.41, 5.74) is 7.59. The Hall–Kier alpha value is -1.43. The summed E-state index contributed by atoms with van der Waals surface area (Å²) in [6.07, 6.45) is 3.15. The summed E-state index contributed by atoms with van der Waals surface area (Å²) in [7, 11) is 0. The molecule has 15 heavy (non-hydrogen) atoms. The quantitative estimate of drug-likeness (QED) is 0.853. The zero-order valence-corrected chi connectivity index (χ0v) is 9.98. The number of hydrogen-bond donors (Lipinski definition) is 1. The summed E-state index contributed by atoms with van der Waals surface area (Å²) in [5, 5.41) is 4.33. The molecule has 0 amide bonds. The van der Waals surface area contributed by atoms with Crippen LogP contribution in [0.15, 0.2) is 16.9 Å². The van der Waals surface area contributed by atoms with Gasteiger partial charge in [0.2, 0.25) is 0 Å². The van der Waals surface area contributed by atoms with Crippen molar-refractivity contribution in [3.63, 3.8) is 0 Å². The summed E-state index contributed by atoms with van der Waals surface area (Å²) in [6, 6.07) is 0. The maximum atomic E-state index is 5.73. The molecule has 0 aromatic carbocycles. The summed E-state index contributed by atoms with van der Waals surface area (Å²) < 4.78 is 2.65. The van der Waals surface area contributed by atoms with Crippen molar-refractivity contribution in [3.05, 3.63) is 28.3 Å². The largest absolute Gasteiger partial charge is 0.381 e. The Morgan fingerprint density at radius 2 is 1.93 bits per heavy atom. The molecule has 2 heterocycles. The highest BCUT2D eigenvalue weighted by Gasteiger charge is 2.13. The molecule has 6 heteroatoms. The zero-order chi connectivity index (χ0) is 11.0. The minimum absolute atomic E-state index is 0.371. The third-order valence-corrected chi connectivity index (χ3v) is 3.26. The Morgan fingerprint density at radius 3 is 2.47 bits per heavy atom. The van der Waals surface area contributed by atoms with E-state index in [1.807, 2.05) is 13.8 Å². The molecule has 5 nitrogen and oxygen atoms in total. The van der Waals surface area contributed by atoms with Gasteiger partial charge in [-0.3, -0.25) is 0 Å². The van der Waals surface area contributed by atoms with Gasteiger partial charge in [0.05, 0.1) is 15.9 Å². The van der Waals surface area contributed by atoms with Crippen molar-refractivity contribution in [3.8, 4) is 5.82 Å². The van der Waals surface area contributed by atoms with Crippen molar-refractivity contribution in [2.24, 2.45) is 0 Å². The van der Waals surface area contributed by atoms with Crippen LogP contribution in [-0.2, 0) is 0 Å². The third-order valence-electron chi connectivity index (χ3n) is 2.11. The molecular formula is C9H10BrN5. The lowest BCUT2D eigenvalue weighted by molar-refractivity contribution is 0.802. The van der Waals surface area contributed by atoms with Crippen molar-refractivity contribution in [1.29, 1.82) is 0 Å². The van der Waals surface area contributed by atoms with Gasteiger partial charge in [0, 0.05) is 12.4 Å². The zero-order valence-electron chi connectivity index (χ0n) is 8.40. The Balaban J connectivity index is 2.65. The SMILES string of the molecule is Cc1nn(-c2nccnc2N)c(C)c1Br. The van der Waals surface area contributed by atoms with Gasteiger partial charge >= 0.3 is 0 Å². The number of nitrogens with two attached hydrogens (primary N) is 1. The van der Waals surface area contributed by atoms with Crippen molar-refractivity contribution < 1.29 is 0 Å². The van der Waals surface area contributed by atoms with Crippen molar-refractivity contribution >= 4 is 21.7 Å². The highest BCUT2D eigenvalue weighted by Crippen LogP contribution is 2.23. The van der Waals surface area contributed by atoms with E-state index in [9.17, 15) is 0 Å². The Kier molecular flexibility index (Phi) is 2.44. The highest BCUT2D eigenvalue weighted by molar-refractivity contribution is 9.10. The van der Waals surface area contributed by atoms with Crippen LogP contribution in [0, 0.1) is 13.8 Å². The Labute approximate surface area is 95.5 Å². The first-order chi connectivity index (χ1) is 7.11. The molecule has 0 aliphatic heterocycles. The van der Waals surface area contributed by atoms with Crippen LogP contribution in [0.4, 0.5) is 5.82 Å². The average molecular weight is 268 g/mol. The average Bonchev–Trinajstić information content (AvgIpc) is 2.47. The van der Waals surface area contributed by atoms with E-state index in [1.54, 1.807) is 17.1 Å². The van der Waals surface area contributed by atoms with Crippen LogP contribution in [0.25, 0.3) is 5.82 Å². The predicted molar refractivity (Wildman–Crippen MR) is 60.7 cm³/mol. The summed E-state index contributed by atoms with van der Waals surface area (Å²) in [4.78, 5) is 8.13. The molecule has 0 atom stereocenters. The number of rotatable bonds is 1. The minimum Gasteiger partial charge on any atom is -0.381 e. The van der Waals surface area contributed by atoms with E-state index >= 15 is 0 Å². The van der Waals surface area contributed by atoms with Crippen molar-refractivity contribution in [1.82, 2.24) is 19.7 Å². The Morgan fingerprint density at radius 1 is 1.27 bits per heavy atom. The number of nitrogen functional groups attached to an aromatic ring is 1. The molecule has 0 unspecified atom stereocenters. The van der Waals surface area contributed by atoms with Crippen LogP contribution >= 0.6 is 15.9 Å². The molecule has 2 aromatic rings. The lowest BCUT2D eigenvalue weighted by Gasteiger charge is -2.04. The third kappa shape index (κ3) is 1.61. The van der Waals surface area contributed by atoms with Crippen LogP contribution < -0.4 is 5.73 Å². The normalized spacial score (nSPS) is 10.6. The number of hydrogen-bond acceptors (Lipinski definition) is 4. The monoisotopic (exact) mass is 267 g/mol. The minimum atomic E-state index is 0.371. The number of aromatic nitrogens is 4. The predicted octanol–water partition coefficient (Wildman–Crippen LogP) is 1.62. The van der Waals surface area contributed by atoms with Crippen LogP contribution in [-0.4, -0.2) is 19.7 Å². The number of aryl methyl sites for hydroxylation is 1. The van der Waals surface area contributed by atoms with Crippen LogP contribution in [0.2, 0.25) is 0 Å². The molecule has 0 saturated heterocycles. The number of halogens is 1. The summed E-state index contributed by atoms with van der Waals surface area (Å²) in [5.74, 6) is 0.930. The molecule has 0 spiro atoms. The fourth-order valence-corrected chi connectivity index (χ4v) is 1.58. The van der Waals surface area contributed by atoms with Gasteiger partial charge in [0.15, 0.2) is 11.6 Å². The van der Waals surface area contributed by atoms with Crippen LogP contribution in [0.5, 0.6) is 0 Å². The molecule has 0 aliphatic rings. The van der Waals surface area contributed by atoms with E-state index in [0.29, 0.717) is 11.6 Å². The molecule has 2 N–H and O–H groups in total. The van der Waals surface area contributed by atoms with Crippen molar-refractivity contribution in [2.75, 3.05) is 5.73 Å². The van der Waals surface area contributed by atoms with E-state index in [1.165, 1.54) is 0 Å². The molecule has 2 aromatic heterocycles. The molecule has 2 rings (SSSR count). The van der Waals surface area contributed by atoms with Crippen LogP contribution in [0.1, 0.15) is 11.4 Å². The molecule has 0 aliphatic carbocycles.